The number of hydrogen-bond donors (Lipinski definition) is 3. The average molecular weight is 271 g/mol. The molecule has 0 aliphatic heterocycles. The second-order valence-electron chi connectivity index (χ2n) is 3.54. The number of rotatable bonds is 3. The number of nitrogens with two attached hydrogens (primary N) is 1. The number of anilines is 1. The molecule has 2 aromatic heterocycles. The van der Waals surface area contributed by atoms with Crippen molar-refractivity contribution < 1.29 is 4.79 Å². The van der Waals surface area contributed by atoms with E-state index in [0.29, 0.717) is 15.8 Å². The first kappa shape index (κ1) is 11.9. The van der Waals surface area contributed by atoms with Gasteiger partial charge < -0.3 is 11.1 Å². The van der Waals surface area contributed by atoms with Gasteiger partial charge in [0.1, 0.15) is 11.5 Å². The van der Waals surface area contributed by atoms with Crippen LogP contribution in [0.5, 0.6) is 0 Å². The topological polar surface area (TPSA) is 83.8 Å². The highest BCUT2D eigenvalue weighted by molar-refractivity contribution is 7.16. The summed E-state index contributed by atoms with van der Waals surface area (Å²) in [6, 6.07) is 5.07. The van der Waals surface area contributed by atoms with Crippen LogP contribution in [0.3, 0.4) is 0 Å². The highest BCUT2D eigenvalue weighted by atomic mass is 35.5. The van der Waals surface area contributed by atoms with Gasteiger partial charge in [-0.25, -0.2) is 0 Å². The van der Waals surface area contributed by atoms with Crippen molar-refractivity contribution in [3.63, 3.8) is 0 Å². The van der Waals surface area contributed by atoms with Crippen molar-refractivity contribution in [3.8, 4) is 0 Å². The molecule has 0 bridgehead atoms. The number of aromatic nitrogens is 2. The third-order valence-corrected chi connectivity index (χ3v) is 3.62. The van der Waals surface area contributed by atoms with E-state index in [1.54, 1.807) is 6.07 Å². The van der Waals surface area contributed by atoms with Crippen molar-refractivity contribution in [3.05, 3.63) is 33.1 Å². The maximum atomic E-state index is 11.8. The summed E-state index contributed by atoms with van der Waals surface area (Å²) in [7, 11) is 0. The van der Waals surface area contributed by atoms with Crippen molar-refractivity contribution in [2.45, 2.75) is 13.0 Å². The molecule has 1 atom stereocenters. The summed E-state index contributed by atoms with van der Waals surface area (Å²) in [6.45, 7) is 1.89. The van der Waals surface area contributed by atoms with Gasteiger partial charge >= 0.3 is 0 Å². The maximum absolute atomic E-state index is 11.8. The number of amides is 1. The lowest BCUT2D eigenvalue weighted by atomic mass is 10.2. The number of nitrogens with one attached hydrogen (secondary N) is 2. The highest BCUT2D eigenvalue weighted by Gasteiger charge is 2.14. The van der Waals surface area contributed by atoms with Gasteiger partial charge in [0.2, 0.25) is 0 Å². The number of hydrogen-bond acceptors (Lipinski definition) is 4. The summed E-state index contributed by atoms with van der Waals surface area (Å²) in [6.07, 6.45) is 0. The van der Waals surface area contributed by atoms with Crippen molar-refractivity contribution in [2.75, 3.05) is 5.73 Å². The number of nitrogens with zero attached hydrogens (tertiary/aromatic N) is 1. The Labute approximate surface area is 107 Å². The van der Waals surface area contributed by atoms with Crippen LogP contribution in [-0.2, 0) is 0 Å². The first-order valence-electron chi connectivity index (χ1n) is 4.93. The minimum atomic E-state index is -0.244. The average Bonchev–Trinajstić information content (AvgIpc) is 2.87. The third kappa shape index (κ3) is 2.78. The van der Waals surface area contributed by atoms with Crippen LogP contribution in [0.25, 0.3) is 0 Å². The lowest BCUT2D eigenvalue weighted by molar-refractivity contribution is 0.0935. The Bertz CT molecular complexity index is 536. The molecule has 7 heteroatoms. The fourth-order valence-electron chi connectivity index (χ4n) is 1.36. The number of carbonyl (C=O) groups is 1. The molecule has 0 aliphatic rings. The smallest absolute Gasteiger partial charge is 0.269 e. The Morgan fingerprint density at radius 1 is 1.65 bits per heavy atom. The summed E-state index contributed by atoms with van der Waals surface area (Å²) in [5.74, 6) is 0.0493. The van der Waals surface area contributed by atoms with E-state index in [1.165, 1.54) is 17.4 Å². The quantitative estimate of drug-likeness (QED) is 0.799. The van der Waals surface area contributed by atoms with Crippen molar-refractivity contribution in [1.29, 1.82) is 0 Å². The predicted molar refractivity (Wildman–Crippen MR) is 68.2 cm³/mol. The minimum absolute atomic E-state index is 0.107. The van der Waals surface area contributed by atoms with Gasteiger partial charge in [-0.2, -0.15) is 5.10 Å². The van der Waals surface area contributed by atoms with E-state index in [9.17, 15) is 4.79 Å². The van der Waals surface area contributed by atoms with Gasteiger partial charge in [0.25, 0.3) is 5.91 Å². The van der Waals surface area contributed by atoms with Gasteiger partial charge in [-0.1, -0.05) is 11.6 Å². The van der Waals surface area contributed by atoms with Crippen LogP contribution in [0.2, 0.25) is 4.34 Å². The standard InChI is InChI=1S/C10H11ClN4OS/c1-5(7-2-3-8(11)17-7)13-10(16)6-4-9(12)15-14-6/h2-5H,1H3,(H,13,16)(H3,12,14,15). The first-order valence-corrected chi connectivity index (χ1v) is 6.12. The fraction of sp³-hybridized carbons (Fsp3) is 0.200. The minimum Gasteiger partial charge on any atom is -0.382 e. The van der Waals surface area contributed by atoms with Gasteiger partial charge in [0.15, 0.2) is 0 Å². The molecule has 17 heavy (non-hydrogen) atoms. The van der Waals surface area contributed by atoms with Crippen molar-refractivity contribution in [2.24, 2.45) is 0 Å². The molecule has 2 aromatic rings. The van der Waals surface area contributed by atoms with Gasteiger partial charge in [-0.3, -0.25) is 9.89 Å². The van der Waals surface area contributed by atoms with Crippen molar-refractivity contribution in [1.82, 2.24) is 15.5 Å². The number of H-pyrrole nitrogens is 1. The van der Waals surface area contributed by atoms with Crippen molar-refractivity contribution >= 4 is 34.7 Å². The Kier molecular flexibility index (Phi) is 3.35. The first-order chi connectivity index (χ1) is 8.06. The maximum Gasteiger partial charge on any atom is 0.269 e. The molecular formula is C10H11ClN4OS. The van der Waals surface area contributed by atoms with Crippen LogP contribution < -0.4 is 11.1 Å². The Hall–Kier alpha value is -1.53. The summed E-state index contributed by atoms with van der Waals surface area (Å²) in [5, 5.41) is 9.08. The summed E-state index contributed by atoms with van der Waals surface area (Å²) in [5.41, 5.74) is 5.77. The van der Waals surface area contributed by atoms with Crippen LogP contribution >= 0.6 is 22.9 Å². The Morgan fingerprint density at radius 2 is 2.41 bits per heavy atom. The number of nitrogen functional groups attached to an aromatic ring is 1. The zero-order valence-electron chi connectivity index (χ0n) is 9.03. The summed E-state index contributed by atoms with van der Waals surface area (Å²) >= 11 is 7.27. The molecule has 0 radical (unpaired) electrons. The molecule has 0 saturated heterocycles. The molecule has 4 N–H and O–H groups in total. The lowest BCUT2D eigenvalue weighted by Gasteiger charge is -2.10. The molecule has 1 unspecified atom stereocenters. The molecule has 2 heterocycles. The molecular weight excluding hydrogens is 260 g/mol. The van der Waals surface area contributed by atoms with E-state index < -0.39 is 0 Å². The number of carbonyl (C=O) groups excluding carboxylic acids is 1. The number of aromatic amines is 1. The van der Waals surface area contributed by atoms with E-state index >= 15 is 0 Å². The van der Waals surface area contributed by atoms with E-state index in [-0.39, 0.29) is 11.9 Å². The normalized spacial score (nSPS) is 12.4. The van der Waals surface area contributed by atoms with Gasteiger partial charge in [0.05, 0.1) is 10.4 Å². The Balaban J connectivity index is 2.04. The monoisotopic (exact) mass is 270 g/mol. The fourth-order valence-corrected chi connectivity index (χ4v) is 2.42. The van der Waals surface area contributed by atoms with Crippen LogP contribution in [0, 0.1) is 0 Å². The summed E-state index contributed by atoms with van der Waals surface area (Å²) < 4.78 is 0.701. The Morgan fingerprint density at radius 3 is 2.94 bits per heavy atom. The molecule has 90 valence electrons. The van der Waals surface area contributed by atoms with E-state index in [0.717, 1.165) is 4.88 Å². The van der Waals surface area contributed by atoms with E-state index in [1.807, 2.05) is 13.0 Å². The zero-order valence-corrected chi connectivity index (χ0v) is 10.6. The van der Waals surface area contributed by atoms with Crippen LogP contribution in [0.4, 0.5) is 5.82 Å². The third-order valence-electron chi connectivity index (χ3n) is 2.21. The zero-order chi connectivity index (χ0) is 12.4. The van der Waals surface area contributed by atoms with E-state index in [4.69, 9.17) is 17.3 Å². The van der Waals surface area contributed by atoms with Crippen LogP contribution in [-0.4, -0.2) is 16.1 Å². The van der Waals surface area contributed by atoms with Crippen LogP contribution in [0.1, 0.15) is 28.3 Å². The lowest BCUT2D eigenvalue weighted by Crippen LogP contribution is -2.26. The van der Waals surface area contributed by atoms with Gasteiger partial charge in [-0.15, -0.1) is 11.3 Å². The van der Waals surface area contributed by atoms with Gasteiger partial charge in [-0.05, 0) is 19.1 Å². The molecule has 0 aromatic carbocycles. The molecule has 0 spiro atoms. The molecule has 0 aliphatic carbocycles. The number of halogens is 1. The predicted octanol–water partition coefficient (Wildman–Crippen LogP) is 2.20. The molecule has 1 amide bonds. The molecule has 2 rings (SSSR count). The SMILES string of the molecule is CC(NC(=O)c1cc(N)n[nH]1)c1ccc(Cl)s1. The molecule has 0 saturated carbocycles. The van der Waals surface area contributed by atoms with E-state index in [2.05, 4.69) is 15.5 Å². The van der Waals surface area contributed by atoms with Gasteiger partial charge in [0, 0.05) is 10.9 Å². The largest absolute Gasteiger partial charge is 0.382 e. The second kappa shape index (κ2) is 4.77. The highest BCUT2D eigenvalue weighted by Crippen LogP contribution is 2.26. The number of thiophene rings is 1. The van der Waals surface area contributed by atoms with Crippen LogP contribution in [0.15, 0.2) is 18.2 Å². The molecule has 0 fully saturated rings. The summed E-state index contributed by atoms with van der Waals surface area (Å²) in [4.78, 5) is 12.8. The molecule has 5 nitrogen and oxygen atoms in total. The second-order valence-corrected chi connectivity index (χ2v) is 5.29.